The van der Waals surface area contributed by atoms with Crippen molar-refractivity contribution in [2.75, 3.05) is 19.7 Å². The number of benzene rings is 1. The Morgan fingerprint density at radius 1 is 0.755 bits per heavy atom. The Bertz CT molecular complexity index is 1310. The van der Waals surface area contributed by atoms with E-state index < -0.39 is 96.3 Å². The van der Waals surface area contributed by atoms with Crippen LogP contribution in [0.2, 0.25) is 0 Å². The van der Waals surface area contributed by atoms with Gasteiger partial charge in [-0.05, 0) is 37.7 Å². The second-order valence-electron chi connectivity index (χ2n) is 11.6. The molecule has 18 nitrogen and oxygen atoms in total. The van der Waals surface area contributed by atoms with Crippen LogP contribution in [-0.2, 0) is 44.8 Å². The fourth-order valence-corrected chi connectivity index (χ4v) is 4.31. The molecule has 0 spiro atoms. The average molecular weight is 693 g/mol. The van der Waals surface area contributed by atoms with Crippen molar-refractivity contribution in [2.24, 2.45) is 17.4 Å². The van der Waals surface area contributed by atoms with Crippen molar-refractivity contribution in [1.29, 1.82) is 0 Å². The van der Waals surface area contributed by atoms with Crippen molar-refractivity contribution >= 4 is 47.3 Å². The first-order valence-corrected chi connectivity index (χ1v) is 15.7. The fraction of sp³-hybridized carbons (Fsp3) is 0.548. The zero-order valence-corrected chi connectivity index (χ0v) is 27.8. The summed E-state index contributed by atoms with van der Waals surface area (Å²) in [6.45, 7) is 4.32. The number of nitrogens with two attached hydrogens (primary N) is 2. The van der Waals surface area contributed by atoms with E-state index in [1.165, 1.54) is 6.92 Å². The molecule has 7 amide bonds. The van der Waals surface area contributed by atoms with Gasteiger partial charge in [-0.3, -0.25) is 38.4 Å². The molecule has 0 saturated carbocycles. The van der Waals surface area contributed by atoms with Crippen LogP contribution in [0, 0.1) is 5.92 Å². The molecular formula is C31H48N8O10. The molecule has 0 bridgehead atoms. The Balaban J connectivity index is 2.99. The number of aryl methyl sites for hydroxylation is 1. The van der Waals surface area contributed by atoms with E-state index in [-0.39, 0.29) is 32.5 Å². The zero-order valence-electron chi connectivity index (χ0n) is 27.8. The first kappa shape index (κ1) is 41.9. The minimum Gasteiger partial charge on any atom is -0.481 e. The Morgan fingerprint density at radius 3 is 1.94 bits per heavy atom. The number of primary amides is 1. The van der Waals surface area contributed by atoms with Crippen LogP contribution in [0.25, 0.3) is 0 Å². The molecule has 272 valence electrons. The van der Waals surface area contributed by atoms with Gasteiger partial charge < -0.3 is 53.6 Å². The first-order valence-electron chi connectivity index (χ1n) is 15.7. The van der Waals surface area contributed by atoms with E-state index in [1.54, 1.807) is 44.2 Å². The van der Waals surface area contributed by atoms with E-state index in [9.17, 15) is 38.4 Å². The van der Waals surface area contributed by atoms with Gasteiger partial charge in [-0.25, -0.2) is 0 Å². The Morgan fingerprint density at radius 2 is 1.37 bits per heavy atom. The van der Waals surface area contributed by atoms with Crippen LogP contribution in [0.3, 0.4) is 0 Å². The molecule has 0 aliphatic carbocycles. The van der Waals surface area contributed by atoms with Gasteiger partial charge in [0.1, 0.15) is 24.2 Å². The highest BCUT2D eigenvalue weighted by Crippen LogP contribution is 2.08. The zero-order chi connectivity index (χ0) is 37.1. The van der Waals surface area contributed by atoms with Gasteiger partial charge in [0, 0.05) is 13.2 Å². The molecule has 0 saturated heterocycles. The van der Waals surface area contributed by atoms with Crippen molar-refractivity contribution in [3.05, 3.63) is 35.9 Å². The normalized spacial score (nSPS) is 13.8. The number of carboxylic acids is 1. The van der Waals surface area contributed by atoms with Gasteiger partial charge in [0.25, 0.3) is 0 Å². The summed E-state index contributed by atoms with van der Waals surface area (Å²) in [5, 5.41) is 32.4. The van der Waals surface area contributed by atoms with E-state index >= 15 is 0 Å². The summed E-state index contributed by atoms with van der Waals surface area (Å²) in [5.41, 5.74) is 11.8. The second kappa shape index (κ2) is 21.7. The summed E-state index contributed by atoms with van der Waals surface area (Å²) in [6.07, 6.45) is -0.746. The first-order chi connectivity index (χ1) is 23.0. The highest BCUT2D eigenvalue weighted by molar-refractivity contribution is 5.98. The summed E-state index contributed by atoms with van der Waals surface area (Å²) in [6, 6.07) is 2.16. The van der Waals surface area contributed by atoms with Crippen LogP contribution in [0.15, 0.2) is 30.3 Å². The number of rotatable bonds is 22. The third-order valence-corrected chi connectivity index (χ3v) is 7.05. The number of aliphatic carboxylic acids is 1. The van der Waals surface area contributed by atoms with Gasteiger partial charge in [-0.1, -0.05) is 44.2 Å². The molecule has 0 heterocycles. The Kier molecular flexibility index (Phi) is 18.6. The lowest BCUT2D eigenvalue weighted by Crippen LogP contribution is -2.59. The van der Waals surface area contributed by atoms with Crippen LogP contribution in [0.5, 0.6) is 0 Å². The van der Waals surface area contributed by atoms with Crippen molar-refractivity contribution in [2.45, 2.75) is 83.1 Å². The topological polar surface area (TPSA) is 301 Å². The molecule has 18 heteroatoms. The third-order valence-electron chi connectivity index (χ3n) is 7.05. The van der Waals surface area contributed by atoms with Gasteiger partial charge in [-0.2, -0.15) is 0 Å². The fourth-order valence-electron chi connectivity index (χ4n) is 4.31. The van der Waals surface area contributed by atoms with Crippen molar-refractivity contribution in [3.63, 3.8) is 0 Å². The van der Waals surface area contributed by atoms with E-state index in [2.05, 4.69) is 31.9 Å². The van der Waals surface area contributed by atoms with Gasteiger partial charge in [0.15, 0.2) is 0 Å². The number of hydrogen-bond acceptors (Lipinski definition) is 10. The molecule has 1 rings (SSSR count). The SMILES string of the molecule is CC(C)[C@H](NC(=O)[C@H](C)NC(=O)[C@H](CC(N)=O)NC(=O)[C@H](CCc1ccccc1)NC(=O)[C@@H](N)CC(=O)O)C(=O)NCC(=O)NCCCO. The molecule has 49 heavy (non-hydrogen) atoms. The van der Waals surface area contributed by atoms with Gasteiger partial charge in [-0.15, -0.1) is 0 Å². The number of hydrogen-bond donors (Lipinski definition) is 10. The number of nitrogens with one attached hydrogen (secondary N) is 6. The predicted molar refractivity (Wildman–Crippen MR) is 175 cm³/mol. The van der Waals surface area contributed by atoms with E-state index in [1.807, 2.05) is 0 Å². The maximum Gasteiger partial charge on any atom is 0.305 e. The number of carbonyl (C=O) groups excluding carboxylic acids is 7. The minimum atomic E-state index is -1.59. The van der Waals surface area contributed by atoms with Crippen molar-refractivity contribution in [1.82, 2.24) is 31.9 Å². The average Bonchev–Trinajstić information content (AvgIpc) is 3.03. The Hall–Kier alpha value is -5.10. The van der Waals surface area contributed by atoms with Crippen molar-refractivity contribution < 1.29 is 48.6 Å². The van der Waals surface area contributed by atoms with E-state index in [4.69, 9.17) is 21.7 Å². The molecule has 0 aliphatic rings. The molecule has 12 N–H and O–H groups in total. The van der Waals surface area contributed by atoms with Crippen LogP contribution in [-0.4, -0.2) is 107 Å². The molecular weight excluding hydrogens is 644 g/mol. The lowest BCUT2D eigenvalue weighted by atomic mass is 10.0. The summed E-state index contributed by atoms with van der Waals surface area (Å²) in [4.78, 5) is 99.6. The van der Waals surface area contributed by atoms with Gasteiger partial charge in [0.05, 0.1) is 25.4 Å². The van der Waals surface area contributed by atoms with Crippen LogP contribution < -0.4 is 43.4 Å². The van der Waals surface area contributed by atoms with Crippen molar-refractivity contribution in [3.8, 4) is 0 Å². The van der Waals surface area contributed by atoms with Gasteiger partial charge >= 0.3 is 5.97 Å². The second-order valence-corrected chi connectivity index (χ2v) is 11.6. The molecule has 0 fully saturated rings. The molecule has 0 unspecified atom stereocenters. The number of aliphatic hydroxyl groups is 1. The predicted octanol–water partition coefficient (Wildman–Crippen LogP) is -3.47. The van der Waals surface area contributed by atoms with Crippen LogP contribution >= 0.6 is 0 Å². The molecule has 1 aromatic rings. The quantitative estimate of drug-likeness (QED) is 0.0532. The Labute approximate surface area is 283 Å². The lowest BCUT2D eigenvalue weighted by Gasteiger charge is -2.26. The minimum absolute atomic E-state index is 0.00801. The highest BCUT2D eigenvalue weighted by atomic mass is 16.4. The number of amides is 7. The summed E-state index contributed by atoms with van der Waals surface area (Å²) >= 11 is 0. The van der Waals surface area contributed by atoms with E-state index in [0.717, 1.165) is 5.56 Å². The highest BCUT2D eigenvalue weighted by Gasteiger charge is 2.32. The smallest absolute Gasteiger partial charge is 0.305 e. The van der Waals surface area contributed by atoms with Crippen LogP contribution in [0.1, 0.15) is 52.0 Å². The van der Waals surface area contributed by atoms with E-state index in [0.29, 0.717) is 6.42 Å². The standard InChI is InChI=1S/C31H48N8O10/c1-17(2)26(31(49)35-16-24(42)34-12-7-13-40)39-27(45)18(3)36-30(48)22(15-23(33)41)38-29(47)21(11-10-19-8-5-4-6-9-19)37-28(46)20(32)14-25(43)44/h4-6,8-9,17-18,20-22,26,40H,7,10-16,32H2,1-3H3,(H2,33,41)(H,34,42)(H,35,49)(H,36,48)(H,37,46)(H,38,47)(H,39,45)(H,43,44)/t18-,20-,21-,22-,26-/m0/s1. The number of carbonyl (C=O) groups is 8. The monoisotopic (exact) mass is 692 g/mol. The third kappa shape index (κ3) is 16.5. The molecule has 0 radical (unpaired) electrons. The lowest BCUT2D eigenvalue weighted by molar-refractivity contribution is -0.140. The molecule has 5 atom stereocenters. The molecule has 0 aliphatic heterocycles. The largest absolute Gasteiger partial charge is 0.481 e. The number of aliphatic hydroxyl groups excluding tert-OH is 1. The molecule has 1 aromatic carbocycles. The summed E-state index contributed by atoms with van der Waals surface area (Å²) in [7, 11) is 0. The number of carboxylic acid groups (broad SMARTS) is 1. The summed E-state index contributed by atoms with van der Waals surface area (Å²) < 4.78 is 0. The van der Waals surface area contributed by atoms with Gasteiger partial charge in [0.2, 0.25) is 41.4 Å². The van der Waals surface area contributed by atoms with Crippen LogP contribution in [0.4, 0.5) is 0 Å². The molecule has 0 aromatic heterocycles. The maximum absolute atomic E-state index is 13.4. The maximum atomic E-state index is 13.4. The summed E-state index contributed by atoms with van der Waals surface area (Å²) in [5.74, 6) is -7.49.